The van der Waals surface area contributed by atoms with E-state index in [1.54, 1.807) is 26.8 Å². The summed E-state index contributed by atoms with van der Waals surface area (Å²) in [6.45, 7) is 6.84. The molecule has 2 atom stereocenters. The predicted octanol–water partition coefficient (Wildman–Crippen LogP) is 2.17. The number of sulfonamides is 1. The first-order valence-electron chi connectivity index (χ1n) is 8.19. The van der Waals surface area contributed by atoms with Crippen LogP contribution in [0.4, 0.5) is 4.39 Å². The SMILES string of the molecule is CCOC(=O)CC(C)S(=O)(=O)NC1Cc2cc(F)ccc2OC1(C)C. The second kappa shape index (κ2) is 7.29. The van der Waals surface area contributed by atoms with Crippen molar-refractivity contribution in [2.45, 2.75) is 57.4 Å². The number of hydrogen-bond acceptors (Lipinski definition) is 5. The van der Waals surface area contributed by atoms with Crippen LogP contribution in [0.1, 0.15) is 39.7 Å². The normalized spacial score (nSPS) is 20.3. The van der Waals surface area contributed by atoms with Crippen LogP contribution in [0.15, 0.2) is 18.2 Å². The Morgan fingerprint density at radius 3 is 2.80 bits per heavy atom. The number of hydrogen-bond donors (Lipinski definition) is 1. The molecule has 2 rings (SSSR count). The Labute approximate surface area is 147 Å². The van der Waals surface area contributed by atoms with Gasteiger partial charge in [-0.3, -0.25) is 4.79 Å². The summed E-state index contributed by atoms with van der Waals surface area (Å²) in [6.07, 6.45) is 0.0633. The minimum Gasteiger partial charge on any atom is -0.486 e. The first-order valence-corrected chi connectivity index (χ1v) is 9.74. The molecule has 1 aliphatic rings. The van der Waals surface area contributed by atoms with Gasteiger partial charge < -0.3 is 9.47 Å². The van der Waals surface area contributed by atoms with Crippen LogP contribution in [0.3, 0.4) is 0 Å². The minimum absolute atomic E-state index is 0.199. The maximum Gasteiger partial charge on any atom is 0.307 e. The lowest BCUT2D eigenvalue weighted by atomic mass is 9.89. The molecule has 0 aliphatic carbocycles. The monoisotopic (exact) mass is 373 g/mol. The summed E-state index contributed by atoms with van der Waals surface area (Å²) in [5.74, 6) is -0.423. The van der Waals surface area contributed by atoms with Gasteiger partial charge >= 0.3 is 5.97 Å². The van der Waals surface area contributed by atoms with Gasteiger partial charge in [0, 0.05) is 0 Å². The van der Waals surface area contributed by atoms with E-state index in [0.29, 0.717) is 17.7 Å². The molecule has 8 heteroatoms. The maximum absolute atomic E-state index is 13.5. The second-order valence-electron chi connectivity index (χ2n) is 6.70. The van der Waals surface area contributed by atoms with Crippen LogP contribution in [0.25, 0.3) is 0 Å². The van der Waals surface area contributed by atoms with Crippen LogP contribution in [0.5, 0.6) is 5.75 Å². The van der Waals surface area contributed by atoms with E-state index in [2.05, 4.69) is 4.72 Å². The molecule has 0 amide bonds. The molecule has 0 saturated heterocycles. The van der Waals surface area contributed by atoms with Gasteiger partial charge in [0.05, 0.1) is 24.3 Å². The quantitative estimate of drug-likeness (QED) is 0.773. The Balaban J connectivity index is 2.16. The van der Waals surface area contributed by atoms with Gasteiger partial charge in [0.25, 0.3) is 0 Å². The topological polar surface area (TPSA) is 81.7 Å². The summed E-state index contributed by atoms with van der Waals surface area (Å²) in [4.78, 5) is 11.5. The van der Waals surface area contributed by atoms with Crippen LogP contribution in [0.2, 0.25) is 0 Å². The highest BCUT2D eigenvalue weighted by atomic mass is 32.2. The number of carbonyl (C=O) groups is 1. The van der Waals surface area contributed by atoms with Gasteiger partial charge in [0.1, 0.15) is 17.2 Å². The fourth-order valence-electron chi connectivity index (χ4n) is 2.69. The van der Waals surface area contributed by atoms with Crippen molar-refractivity contribution < 1.29 is 27.1 Å². The molecule has 0 saturated carbocycles. The molecule has 1 heterocycles. The van der Waals surface area contributed by atoms with Crippen LogP contribution in [-0.4, -0.2) is 37.9 Å². The van der Waals surface area contributed by atoms with E-state index >= 15 is 0 Å². The number of ether oxygens (including phenoxy) is 2. The van der Waals surface area contributed by atoms with Gasteiger partial charge in [-0.25, -0.2) is 17.5 Å². The fraction of sp³-hybridized carbons (Fsp3) is 0.588. The van der Waals surface area contributed by atoms with Crippen molar-refractivity contribution in [3.8, 4) is 5.75 Å². The molecule has 0 aromatic heterocycles. The van der Waals surface area contributed by atoms with E-state index in [1.807, 2.05) is 0 Å². The molecular formula is C17H24FNO5S. The largest absolute Gasteiger partial charge is 0.486 e. The average molecular weight is 373 g/mol. The van der Waals surface area contributed by atoms with Gasteiger partial charge in [0.15, 0.2) is 0 Å². The Hall–Kier alpha value is -1.67. The van der Waals surface area contributed by atoms with E-state index in [9.17, 15) is 17.6 Å². The van der Waals surface area contributed by atoms with Crippen LogP contribution >= 0.6 is 0 Å². The van der Waals surface area contributed by atoms with Crippen LogP contribution < -0.4 is 9.46 Å². The van der Waals surface area contributed by atoms with E-state index in [0.717, 1.165) is 0 Å². The zero-order chi connectivity index (χ0) is 18.8. The highest BCUT2D eigenvalue weighted by Crippen LogP contribution is 2.34. The molecule has 1 aromatic rings. The minimum atomic E-state index is -3.78. The summed E-state index contributed by atoms with van der Waals surface area (Å²) in [6, 6.07) is 3.60. The highest BCUT2D eigenvalue weighted by Gasteiger charge is 2.40. The first-order chi connectivity index (χ1) is 11.5. The maximum atomic E-state index is 13.5. The average Bonchev–Trinajstić information content (AvgIpc) is 2.48. The zero-order valence-corrected chi connectivity index (χ0v) is 15.7. The van der Waals surface area contributed by atoms with Gasteiger partial charge in [-0.05, 0) is 57.9 Å². The number of rotatable bonds is 6. The summed E-state index contributed by atoms with van der Waals surface area (Å²) in [7, 11) is -3.78. The van der Waals surface area contributed by atoms with Crippen molar-refractivity contribution >= 4 is 16.0 Å². The lowest BCUT2D eigenvalue weighted by Gasteiger charge is -2.40. The van der Waals surface area contributed by atoms with E-state index in [4.69, 9.17) is 9.47 Å². The molecule has 0 bridgehead atoms. The van der Waals surface area contributed by atoms with Crippen molar-refractivity contribution in [2.24, 2.45) is 0 Å². The molecule has 0 fully saturated rings. The molecule has 1 aromatic carbocycles. The summed E-state index contributed by atoms with van der Waals surface area (Å²) in [5, 5.41) is -0.948. The second-order valence-corrected chi connectivity index (χ2v) is 8.83. The molecule has 0 spiro atoms. The molecule has 2 unspecified atom stereocenters. The highest BCUT2D eigenvalue weighted by molar-refractivity contribution is 7.90. The number of esters is 1. The van der Waals surface area contributed by atoms with Crippen molar-refractivity contribution in [3.63, 3.8) is 0 Å². The number of fused-ring (bicyclic) bond motifs is 1. The van der Waals surface area contributed by atoms with Crippen LogP contribution in [0, 0.1) is 5.82 Å². The summed E-state index contributed by atoms with van der Waals surface area (Å²) >= 11 is 0. The van der Waals surface area contributed by atoms with Crippen molar-refractivity contribution in [3.05, 3.63) is 29.6 Å². The van der Waals surface area contributed by atoms with Crippen LogP contribution in [-0.2, 0) is 26.0 Å². The van der Waals surface area contributed by atoms with Gasteiger partial charge in [-0.1, -0.05) is 0 Å². The first kappa shape index (κ1) is 19.7. The van der Waals surface area contributed by atoms with Gasteiger partial charge in [-0.2, -0.15) is 0 Å². The lowest BCUT2D eigenvalue weighted by Crippen LogP contribution is -2.57. The predicted molar refractivity (Wildman–Crippen MR) is 91.4 cm³/mol. The molecule has 0 radical (unpaired) electrons. The van der Waals surface area contributed by atoms with E-state index < -0.39 is 38.7 Å². The molecule has 25 heavy (non-hydrogen) atoms. The number of halogens is 1. The molecule has 6 nitrogen and oxygen atoms in total. The molecule has 1 aliphatic heterocycles. The number of benzene rings is 1. The Kier molecular flexibility index (Phi) is 5.73. The third-order valence-corrected chi connectivity index (χ3v) is 6.09. The number of carbonyl (C=O) groups excluding carboxylic acids is 1. The van der Waals surface area contributed by atoms with E-state index in [1.165, 1.54) is 19.1 Å². The van der Waals surface area contributed by atoms with Gasteiger partial charge in [-0.15, -0.1) is 0 Å². The standard InChI is InChI=1S/C17H24FNO5S/c1-5-23-16(20)8-11(2)25(21,22)19-15-10-12-9-13(18)6-7-14(12)24-17(15,3)4/h6-7,9,11,15,19H,5,8,10H2,1-4H3. The zero-order valence-electron chi connectivity index (χ0n) is 14.8. The summed E-state index contributed by atoms with van der Waals surface area (Å²) in [5.41, 5.74) is -0.216. The Morgan fingerprint density at radius 1 is 1.48 bits per heavy atom. The fourth-order valence-corrected chi connectivity index (χ4v) is 4.04. The van der Waals surface area contributed by atoms with E-state index in [-0.39, 0.29) is 13.0 Å². The molecule has 140 valence electrons. The third-order valence-electron chi connectivity index (χ3n) is 4.25. The molecule has 1 N–H and O–H groups in total. The van der Waals surface area contributed by atoms with Crippen molar-refractivity contribution in [2.75, 3.05) is 6.61 Å². The smallest absolute Gasteiger partial charge is 0.307 e. The lowest BCUT2D eigenvalue weighted by molar-refractivity contribution is -0.143. The van der Waals surface area contributed by atoms with Gasteiger partial charge in [0.2, 0.25) is 10.0 Å². The molecular weight excluding hydrogens is 349 g/mol. The Bertz CT molecular complexity index is 747. The number of nitrogens with one attached hydrogen (secondary N) is 1. The van der Waals surface area contributed by atoms with Crippen molar-refractivity contribution in [1.82, 2.24) is 4.72 Å². The third kappa shape index (κ3) is 4.70. The summed E-state index contributed by atoms with van der Waals surface area (Å²) < 4.78 is 51.8. The Morgan fingerprint density at radius 2 is 2.16 bits per heavy atom. The van der Waals surface area contributed by atoms with Crippen molar-refractivity contribution in [1.29, 1.82) is 0 Å².